The van der Waals surface area contributed by atoms with Gasteiger partial charge in [-0.2, -0.15) is 0 Å². The summed E-state index contributed by atoms with van der Waals surface area (Å²) in [4.78, 5) is 14.0. The molecule has 0 radical (unpaired) electrons. The Bertz CT molecular complexity index is 263. The average Bonchev–Trinajstić information content (AvgIpc) is 2.29. The molecule has 1 aliphatic heterocycles. The molecule has 1 N–H and O–H groups in total. The molecule has 2 unspecified atom stereocenters. The van der Waals surface area contributed by atoms with Crippen molar-refractivity contribution in [2.45, 2.75) is 59.3 Å². The Morgan fingerprint density at radius 1 is 1.39 bits per heavy atom. The van der Waals surface area contributed by atoms with E-state index in [1.807, 2.05) is 0 Å². The number of carbonyl (C=O) groups is 1. The number of likely N-dealkylation sites (tertiary alicyclic amines) is 1. The van der Waals surface area contributed by atoms with Crippen LogP contribution in [0.25, 0.3) is 0 Å². The molecular weight excluding hydrogens is 226 g/mol. The minimum Gasteiger partial charge on any atom is -0.481 e. The Kier molecular flexibility index (Phi) is 6.13. The predicted octanol–water partition coefficient (Wildman–Crippen LogP) is 3.39. The van der Waals surface area contributed by atoms with Crippen LogP contribution in [-0.4, -0.2) is 35.6 Å². The lowest BCUT2D eigenvalue weighted by Crippen LogP contribution is -2.48. The van der Waals surface area contributed by atoms with Crippen molar-refractivity contribution in [2.75, 3.05) is 19.6 Å². The molecule has 0 aromatic carbocycles. The van der Waals surface area contributed by atoms with Gasteiger partial charge < -0.3 is 10.0 Å². The molecule has 3 nitrogen and oxygen atoms in total. The maximum absolute atomic E-state index is 11.6. The first-order valence-corrected chi connectivity index (χ1v) is 7.50. The molecule has 0 spiro atoms. The molecule has 18 heavy (non-hydrogen) atoms. The first-order valence-electron chi connectivity index (χ1n) is 7.50. The summed E-state index contributed by atoms with van der Waals surface area (Å²) in [6.07, 6.45) is 6.13. The molecule has 0 aromatic rings. The van der Waals surface area contributed by atoms with Crippen LogP contribution in [0.1, 0.15) is 59.3 Å². The van der Waals surface area contributed by atoms with Crippen LogP contribution < -0.4 is 0 Å². The summed E-state index contributed by atoms with van der Waals surface area (Å²) in [6.45, 7) is 9.47. The molecule has 0 aromatic heterocycles. The van der Waals surface area contributed by atoms with Crippen LogP contribution in [0.5, 0.6) is 0 Å². The number of rotatable bonds is 7. The highest BCUT2D eigenvalue weighted by Crippen LogP contribution is 2.35. The molecule has 106 valence electrons. The average molecular weight is 255 g/mol. The predicted molar refractivity (Wildman–Crippen MR) is 74.7 cm³/mol. The summed E-state index contributed by atoms with van der Waals surface area (Å²) in [5.74, 6) is 0.0958. The van der Waals surface area contributed by atoms with Crippen molar-refractivity contribution >= 4 is 5.97 Å². The molecule has 2 atom stereocenters. The van der Waals surface area contributed by atoms with Gasteiger partial charge in [0.25, 0.3) is 0 Å². The second-order valence-electron chi connectivity index (χ2n) is 6.07. The van der Waals surface area contributed by atoms with Crippen molar-refractivity contribution in [3.8, 4) is 0 Å². The van der Waals surface area contributed by atoms with Crippen LogP contribution in [0.3, 0.4) is 0 Å². The maximum atomic E-state index is 11.6. The molecule has 1 saturated heterocycles. The first kappa shape index (κ1) is 15.5. The molecule has 1 rings (SSSR count). The van der Waals surface area contributed by atoms with E-state index in [0.717, 1.165) is 45.3 Å². The van der Waals surface area contributed by atoms with Crippen LogP contribution in [0.2, 0.25) is 0 Å². The van der Waals surface area contributed by atoms with Crippen molar-refractivity contribution in [3.05, 3.63) is 0 Å². The van der Waals surface area contributed by atoms with Crippen LogP contribution in [0.4, 0.5) is 0 Å². The zero-order valence-electron chi connectivity index (χ0n) is 12.2. The number of piperidine rings is 1. The minimum absolute atomic E-state index is 0.473. The highest BCUT2D eigenvalue weighted by Gasteiger charge is 2.41. The van der Waals surface area contributed by atoms with E-state index in [-0.39, 0.29) is 0 Å². The standard InChI is InChI=1S/C15H29NO2/c1-4-7-13(3)11-16-10-6-9-15(12-16,8-5-2)14(17)18/h13H,4-12H2,1-3H3,(H,17,18). The third-order valence-electron chi connectivity index (χ3n) is 4.19. The van der Waals surface area contributed by atoms with Crippen molar-refractivity contribution in [2.24, 2.45) is 11.3 Å². The molecular formula is C15H29NO2. The summed E-state index contributed by atoms with van der Waals surface area (Å²) in [5.41, 5.74) is -0.473. The van der Waals surface area contributed by atoms with Crippen LogP contribution in [-0.2, 0) is 4.79 Å². The van der Waals surface area contributed by atoms with E-state index in [1.165, 1.54) is 12.8 Å². The summed E-state index contributed by atoms with van der Waals surface area (Å²) in [7, 11) is 0. The van der Waals surface area contributed by atoms with Crippen molar-refractivity contribution in [1.29, 1.82) is 0 Å². The topological polar surface area (TPSA) is 40.5 Å². The van der Waals surface area contributed by atoms with Crippen molar-refractivity contribution in [3.63, 3.8) is 0 Å². The Labute approximate surface area is 112 Å². The van der Waals surface area contributed by atoms with Gasteiger partial charge in [-0.05, 0) is 38.1 Å². The second-order valence-corrected chi connectivity index (χ2v) is 6.07. The van der Waals surface area contributed by atoms with Gasteiger partial charge >= 0.3 is 5.97 Å². The fourth-order valence-electron chi connectivity index (χ4n) is 3.37. The number of hydrogen-bond acceptors (Lipinski definition) is 2. The van der Waals surface area contributed by atoms with E-state index in [4.69, 9.17) is 0 Å². The maximum Gasteiger partial charge on any atom is 0.310 e. The molecule has 0 aliphatic carbocycles. The highest BCUT2D eigenvalue weighted by atomic mass is 16.4. The Hall–Kier alpha value is -0.570. The lowest BCUT2D eigenvalue weighted by Gasteiger charge is -2.40. The van der Waals surface area contributed by atoms with Crippen LogP contribution in [0, 0.1) is 11.3 Å². The number of aliphatic carboxylic acids is 1. The summed E-state index contributed by atoms with van der Waals surface area (Å²) >= 11 is 0. The van der Waals surface area contributed by atoms with Gasteiger partial charge in [-0.3, -0.25) is 4.79 Å². The molecule has 0 saturated carbocycles. The van der Waals surface area contributed by atoms with Gasteiger partial charge in [0, 0.05) is 13.1 Å². The zero-order valence-corrected chi connectivity index (χ0v) is 12.2. The molecule has 0 bridgehead atoms. The Morgan fingerprint density at radius 2 is 2.11 bits per heavy atom. The number of hydrogen-bond donors (Lipinski definition) is 1. The van der Waals surface area contributed by atoms with Crippen LogP contribution >= 0.6 is 0 Å². The Morgan fingerprint density at radius 3 is 2.67 bits per heavy atom. The number of nitrogens with zero attached hydrogens (tertiary/aromatic N) is 1. The largest absolute Gasteiger partial charge is 0.481 e. The van der Waals surface area contributed by atoms with Gasteiger partial charge in [-0.1, -0.05) is 33.6 Å². The van der Waals surface area contributed by atoms with Gasteiger partial charge in [0.05, 0.1) is 5.41 Å². The first-order chi connectivity index (χ1) is 8.54. The third-order valence-corrected chi connectivity index (χ3v) is 4.19. The highest BCUT2D eigenvalue weighted by molar-refractivity contribution is 5.75. The molecule has 1 aliphatic rings. The number of carboxylic acids is 1. The quantitative estimate of drug-likeness (QED) is 0.758. The molecule has 3 heteroatoms. The monoisotopic (exact) mass is 255 g/mol. The number of carboxylic acid groups (broad SMARTS) is 1. The van der Waals surface area contributed by atoms with Crippen molar-refractivity contribution in [1.82, 2.24) is 4.90 Å². The Balaban J connectivity index is 2.60. The van der Waals surface area contributed by atoms with Gasteiger partial charge in [-0.25, -0.2) is 0 Å². The van der Waals surface area contributed by atoms with Gasteiger partial charge in [0.1, 0.15) is 0 Å². The van der Waals surface area contributed by atoms with E-state index in [9.17, 15) is 9.90 Å². The van der Waals surface area contributed by atoms with Gasteiger partial charge in [0.2, 0.25) is 0 Å². The van der Waals surface area contributed by atoms with E-state index in [1.54, 1.807) is 0 Å². The second kappa shape index (κ2) is 7.13. The van der Waals surface area contributed by atoms with E-state index < -0.39 is 11.4 Å². The normalized spacial score (nSPS) is 27.1. The molecule has 1 fully saturated rings. The fraction of sp³-hybridized carbons (Fsp3) is 0.933. The summed E-state index contributed by atoms with van der Waals surface area (Å²) in [6, 6.07) is 0. The fourth-order valence-corrected chi connectivity index (χ4v) is 3.37. The summed E-state index contributed by atoms with van der Waals surface area (Å²) in [5, 5.41) is 9.55. The van der Waals surface area contributed by atoms with Crippen LogP contribution in [0.15, 0.2) is 0 Å². The minimum atomic E-state index is -0.586. The van der Waals surface area contributed by atoms with Gasteiger partial charge in [0.15, 0.2) is 0 Å². The molecule has 1 heterocycles. The van der Waals surface area contributed by atoms with Gasteiger partial charge in [-0.15, -0.1) is 0 Å². The third kappa shape index (κ3) is 3.98. The lowest BCUT2D eigenvalue weighted by molar-refractivity contribution is -0.153. The van der Waals surface area contributed by atoms with E-state index in [0.29, 0.717) is 5.92 Å². The van der Waals surface area contributed by atoms with E-state index in [2.05, 4.69) is 25.7 Å². The summed E-state index contributed by atoms with van der Waals surface area (Å²) < 4.78 is 0. The zero-order chi connectivity index (χ0) is 13.6. The van der Waals surface area contributed by atoms with Crippen molar-refractivity contribution < 1.29 is 9.90 Å². The lowest BCUT2D eigenvalue weighted by atomic mass is 9.76. The van der Waals surface area contributed by atoms with E-state index >= 15 is 0 Å². The smallest absolute Gasteiger partial charge is 0.310 e. The molecule has 0 amide bonds. The SMILES string of the molecule is CCCC(C)CN1CCCC(CCC)(C(=O)O)C1.